The Morgan fingerprint density at radius 2 is 2.00 bits per heavy atom. The van der Waals surface area contributed by atoms with E-state index in [1.807, 2.05) is 0 Å². The van der Waals surface area contributed by atoms with Gasteiger partial charge in [-0.2, -0.15) is 12.7 Å². The van der Waals surface area contributed by atoms with E-state index in [4.69, 9.17) is 28.3 Å². The number of carbonyl (C=O) groups excluding carboxylic acids is 1. The van der Waals surface area contributed by atoms with Gasteiger partial charge in [0.1, 0.15) is 30.5 Å². The van der Waals surface area contributed by atoms with Gasteiger partial charge in [0.25, 0.3) is 11.3 Å². The quantitative estimate of drug-likeness (QED) is 0.612. The minimum atomic E-state index is -4.30. The van der Waals surface area contributed by atoms with Crippen LogP contribution in [0.3, 0.4) is 0 Å². The molecule has 0 aromatic heterocycles. The maximum Gasteiger partial charge on any atom is 0.424 e. The number of hydrogen-bond acceptors (Lipinski definition) is 10. The molecule has 3 unspecified atom stereocenters. The van der Waals surface area contributed by atoms with Crippen LogP contribution < -0.4 is 5.14 Å². The number of fused-ring (bicyclic) bond motifs is 3. The molecule has 3 aliphatic heterocycles. The van der Waals surface area contributed by atoms with Crippen molar-refractivity contribution < 1.29 is 44.7 Å². The summed E-state index contributed by atoms with van der Waals surface area (Å²) in [6, 6.07) is -0.935. The van der Waals surface area contributed by atoms with Crippen LogP contribution in [0.15, 0.2) is 0 Å². The number of hydrogen-bond donors (Lipinski definition) is 1. The molecular formula is C14H24N2O10S2. The first-order valence-electron chi connectivity index (χ1n) is 8.43. The Labute approximate surface area is 165 Å². The van der Waals surface area contributed by atoms with Gasteiger partial charge in [-0.1, -0.05) is 0 Å². The van der Waals surface area contributed by atoms with Gasteiger partial charge in [-0.05, 0) is 34.6 Å². The normalized spacial score (nSPS) is 37.4. The maximum absolute atomic E-state index is 12.6. The molecule has 0 saturated carbocycles. The zero-order valence-corrected chi connectivity index (χ0v) is 17.7. The van der Waals surface area contributed by atoms with Crippen molar-refractivity contribution in [3.63, 3.8) is 0 Å². The van der Waals surface area contributed by atoms with Crippen molar-refractivity contribution in [2.24, 2.45) is 5.14 Å². The molecule has 3 fully saturated rings. The van der Waals surface area contributed by atoms with Crippen LogP contribution in [0.2, 0.25) is 0 Å². The van der Waals surface area contributed by atoms with Gasteiger partial charge < -0.3 is 18.9 Å². The van der Waals surface area contributed by atoms with Crippen LogP contribution in [-0.4, -0.2) is 71.7 Å². The van der Waals surface area contributed by atoms with Crippen molar-refractivity contribution in [1.29, 1.82) is 0 Å². The zero-order valence-electron chi connectivity index (χ0n) is 16.1. The third-order valence-electron chi connectivity index (χ3n) is 4.08. The molecule has 2 N–H and O–H groups in total. The monoisotopic (exact) mass is 444 g/mol. The topological polar surface area (TPSA) is 153 Å². The number of ether oxygens (including phenoxy) is 4. The van der Waals surface area contributed by atoms with Gasteiger partial charge in [-0.3, -0.25) is 8.37 Å². The van der Waals surface area contributed by atoms with Crippen LogP contribution >= 0.6 is 0 Å². The van der Waals surface area contributed by atoms with Crippen molar-refractivity contribution in [3.05, 3.63) is 0 Å². The average Bonchev–Trinajstić information content (AvgIpc) is 2.95. The molecule has 0 spiro atoms. The van der Waals surface area contributed by atoms with Crippen LogP contribution in [0, 0.1) is 0 Å². The van der Waals surface area contributed by atoms with Crippen molar-refractivity contribution >= 4 is 27.7 Å². The summed E-state index contributed by atoms with van der Waals surface area (Å²) in [5.74, 6) is -2.93. The van der Waals surface area contributed by atoms with E-state index in [1.54, 1.807) is 34.6 Å². The molecule has 3 rings (SSSR count). The predicted molar refractivity (Wildman–Crippen MR) is 92.7 cm³/mol. The summed E-state index contributed by atoms with van der Waals surface area (Å²) in [4.78, 5) is 12.6. The van der Waals surface area contributed by atoms with Gasteiger partial charge in [-0.25, -0.2) is 14.1 Å². The highest BCUT2D eigenvalue weighted by molar-refractivity contribution is 7.84. The highest BCUT2D eigenvalue weighted by Gasteiger charge is 2.67. The van der Waals surface area contributed by atoms with Crippen molar-refractivity contribution in [2.75, 3.05) is 13.2 Å². The summed E-state index contributed by atoms with van der Waals surface area (Å²) in [7, 11) is -4.30. The molecule has 1 amide bonds. The number of nitrogens with zero attached hydrogens (tertiary/aromatic N) is 1. The summed E-state index contributed by atoms with van der Waals surface area (Å²) in [6.07, 6.45) is -2.77. The Morgan fingerprint density at radius 3 is 2.57 bits per heavy atom. The molecule has 0 aromatic carbocycles. The third kappa shape index (κ3) is 4.33. The lowest BCUT2D eigenvalue weighted by molar-refractivity contribution is -0.286. The van der Waals surface area contributed by atoms with E-state index in [9.17, 15) is 17.4 Å². The standard InChI is InChI=1S/C14H24N2O10S2/c1-12(2,3)24-11(17)16-9-8(25-27(16)18)6-21-14(7-22-28(15,19)20)10(9)23-13(4,5)26-14/h8-10H,6-7H2,1-5H3,(H2,15,19,20)/t8?,9?,10-,14-,27?/m0/s1. The van der Waals surface area contributed by atoms with E-state index in [1.165, 1.54) is 0 Å². The summed E-state index contributed by atoms with van der Waals surface area (Å²) in [6.45, 7) is 7.36. The molecule has 0 aliphatic carbocycles. The van der Waals surface area contributed by atoms with E-state index < -0.39 is 69.7 Å². The van der Waals surface area contributed by atoms with Crippen molar-refractivity contribution in [3.8, 4) is 0 Å². The summed E-state index contributed by atoms with van der Waals surface area (Å²) >= 11 is -2.16. The second-order valence-corrected chi connectivity index (χ2v) is 10.3. The third-order valence-corrected chi connectivity index (χ3v) is 5.65. The van der Waals surface area contributed by atoms with E-state index >= 15 is 0 Å². The van der Waals surface area contributed by atoms with E-state index in [-0.39, 0.29) is 6.61 Å². The molecule has 0 bridgehead atoms. The SMILES string of the molecule is CC(C)(C)OC(=O)N1C2C(CO[C@@]3(COS(N)(=O)=O)OC(C)(C)O[C@@H]23)OS1=O. The van der Waals surface area contributed by atoms with Crippen LogP contribution in [0.1, 0.15) is 34.6 Å². The van der Waals surface area contributed by atoms with Crippen LogP contribution in [-0.2, 0) is 48.9 Å². The first-order chi connectivity index (χ1) is 12.6. The number of amides is 1. The molecule has 0 aromatic rings. The average molecular weight is 444 g/mol. The van der Waals surface area contributed by atoms with E-state index in [0.29, 0.717) is 0 Å². The van der Waals surface area contributed by atoms with E-state index in [0.717, 1.165) is 4.31 Å². The molecule has 3 saturated heterocycles. The van der Waals surface area contributed by atoms with Gasteiger partial charge in [0, 0.05) is 0 Å². The molecule has 162 valence electrons. The molecule has 28 heavy (non-hydrogen) atoms. The fraction of sp³-hybridized carbons (Fsp3) is 0.929. The summed E-state index contributed by atoms with van der Waals surface area (Å²) < 4.78 is 68.6. The van der Waals surface area contributed by atoms with Crippen molar-refractivity contribution in [2.45, 2.75) is 70.0 Å². The Hall–Kier alpha value is -0.870. The van der Waals surface area contributed by atoms with Gasteiger partial charge in [0.2, 0.25) is 5.79 Å². The Balaban J connectivity index is 1.94. The second-order valence-electron chi connectivity index (χ2n) is 8.07. The molecular weight excluding hydrogens is 420 g/mol. The van der Waals surface area contributed by atoms with Crippen molar-refractivity contribution in [1.82, 2.24) is 4.31 Å². The second kappa shape index (κ2) is 6.84. The molecule has 14 heteroatoms. The van der Waals surface area contributed by atoms with Crippen LogP contribution in [0.4, 0.5) is 4.79 Å². The molecule has 12 nitrogen and oxygen atoms in total. The Kier molecular flexibility index (Phi) is 5.33. The van der Waals surface area contributed by atoms with Crippen LogP contribution in [0.25, 0.3) is 0 Å². The Bertz CT molecular complexity index is 779. The largest absolute Gasteiger partial charge is 0.443 e. The summed E-state index contributed by atoms with van der Waals surface area (Å²) in [5, 5.41) is 4.91. The lowest BCUT2D eigenvalue weighted by atomic mass is 9.95. The minimum Gasteiger partial charge on any atom is -0.443 e. The molecule has 0 radical (unpaired) electrons. The predicted octanol–water partition coefficient (Wildman–Crippen LogP) is -0.332. The molecule has 3 heterocycles. The van der Waals surface area contributed by atoms with Gasteiger partial charge in [0.05, 0.1) is 6.61 Å². The van der Waals surface area contributed by atoms with Gasteiger partial charge >= 0.3 is 16.4 Å². The van der Waals surface area contributed by atoms with Gasteiger partial charge in [0.15, 0.2) is 5.79 Å². The fourth-order valence-corrected chi connectivity index (χ4v) is 4.68. The first-order valence-corrected chi connectivity index (χ1v) is 10.9. The molecule has 3 aliphatic rings. The smallest absolute Gasteiger partial charge is 0.424 e. The van der Waals surface area contributed by atoms with Gasteiger partial charge in [-0.15, -0.1) is 0 Å². The maximum atomic E-state index is 12.6. The zero-order chi connectivity index (χ0) is 21.1. The minimum absolute atomic E-state index is 0.153. The highest BCUT2D eigenvalue weighted by Crippen LogP contribution is 2.47. The summed E-state index contributed by atoms with van der Waals surface area (Å²) in [5.41, 5.74) is -0.843. The Morgan fingerprint density at radius 1 is 1.36 bits per heavy atom. The van der Waals surface area contributed by atoms with Crippen LogP contribution in [0.5, 0.6) is 0 Å². The molecule has 5 atom stereocenters. The number of rotatable bonds is 3. The van der Waals surface area contributed by atoms with E-state index in [2.05, 4.69) is 4.18 Å². The highest BCUT2D eigenvalue weighted by atomic mass is 32.2. The lowest BCUT2D eigenvalue weighted by Crippen LogP contribution is -2.64. The number of carbonyl (C=O) groups is 1. The first kappa shape index (κ1) is 21.8. The lowest BCUT2D eigenvalue weighted by Gasteiger charge is -2.41. The fourth-order valence-electron chi connectivity index (χ4n) is 3.27. The number of nitrogens with two attached hydrogens (primary N) is 1.